The van der Waals surface area contributed by atoms with Gasteiger partial charge in [-0.15, -0.1) is 0 Å². The molecule has 2 atom stereocenters. The van der Waals surface area contributed by atoms with Crippen LogP contribution in [0, 0.1) is 11.8 Å². The normalized spacial score (nSPS) is 30.8. The van der Waals surface area contributed by atoms with E-state index in [2.05, 4.69) is 17.1 Å². The molecule has 2 heterocycles. The van der Waals surface area contributed by atoms with E-state index >= 15 is 0 Å². The minimum atomic E-state index is 0.329. The van der Waals surface area contributed by atoms with Crippen LogP contribution in [0.3, 0.4) is 0 Å². The fourth-order valence-electron chi connectivity index (χ4n) is 3.30. The summed E-state index contributed by atoms with van der Waals surface area (Å²) in [6.45, 7) is 7.21. The van der Waals surface area contributed by atoms with Gasteiger partial charge >= 0.3 is 0 Å². The minimum absolute atomic E-state index is 0.329. The summed E-state index contributed by atoms with van der Waals surface area (Å²) in [5.74, 6) is 1.33. The van der Waals surface area contributed by atoms with Crippen LogP contribution in [0.4, 0.5) is 0 Å². The maximum atomic E-state index is 9.16. The Morgan fingerprint density at radius 1 is 1.31 bits per heavy atom. The molecule has 2 aliphatic rings. The van der Waals surface area contributed by atoms with Crippen LogP contribution in [0.1, 0.15) is 32.6 Å². The molecule has 0 saturated carbocycles. The molecule has 0 aliphatic carbocycles. The number of aliphatic hydroxyl groups excluding tert-OH is 1. The van der Waals surface area contributed by atoms with E-state index in [1.807, 2.05) is 0 Å². The fourth-order valence-corrected chi connectivity index (χ4v) is 3.30. The van der Waals surface area contributed by atoms with E-state index in [1.54, 1.807) is 0 Å². The van der Waals surface area contributed by atoms with Crippen molar-refractivity contribution >= 4 is 0 Å². The standard InChI is InChI=1S/C13H26N2O/c1-11(10-16)9-15-8-2-3-13(15)12-4-6-14-7-5-12/h11-14,16H,2-10H2,1H3. The molecule has 3 heteroatoms. The highest BCUT2D eigenvalue weighted by molar-refractivity contribution is 4.87. The zero-order valence-corrected chi connectivity index (χ0v) is 10.5. The lowest BCUT2D eigenvalue weighted by Crippen LogP contribution is -2.42. The zero-order valence-electron chi connectivity index (χ0n) is 10.5. The number of hydrogen-bond donors (Lipinski definition) is 2. The molecule has 0 amide bonds. The third kappa shape index (κ3) is 2.96. The van der Waals surface area contributed by atoms with E-state index in [-0.39, 0.29) is 0 Å². The second kappa shape index (κ2) is 5.99. The lowest BCUT2D eigenvalue weighted by atomic mass is 9.88. The number of piperidine rings is 1. The number of rotatable bonds is 4. The van der Waals surface area contributed by atoms with Crippen molar-refractivity contribution in [3.05, 3.63) is 0 Å². The Balaban J connectivity index is 1.86. The highest BCUT2D eigenvalue weighted by atomic mass is 16.3. The van der Waals surface area contributed by atoms with E-state index in [4.69, 9.17) is 5.11 Å². The molecular formula is C13H26N2O. The maximum Gasteiger partial charge on any atom is 0.0468 e. The number of nitrogens with one attached hydrogen (secondary N) is 1. The number of nitrogens with zero attached hydrogens (tertiary/aromatic N) is 1. The monoisotopic (exact) mass is 226 g/mol. The molecule has 0 aromatic carbocycles. The highest BCUT2D eigenvalue weighted by Crippen LogP contribution is 2.29. The molecule has 2 unspecified atom stereocenters. The first-order valence-corrected chi connectivity index (χ1v) is 6.87. The third-order valence-corrected chi connectivity index (χ3v) is 4.20. The van der Waals surface area contributed by atoms with Crippen molar-refractivity contribution in [3.8, 4) is 0 Å². The van der Waals surface area contributed by atoms with Crippen LogP contribution in [-0.4, -0.2) is 48.8 Å². The largest absolute Gasteiger partial charge is 0.396 e. The van der Waals surface area contributed by atoms with Crippen molar-refractivity contribution in [1.29, 1.82) is 0 Å². The number of aliphatic hydroxyl groups is 1. The highest BCUT2D eigenvalue weighted by Gasteiger charge is 2.32. The van der Waals surface area contributed by atoms with Gasteiger partial charge in [0.05, 0.1) is 0 Å². The van der Waals surface area contributed by atoms with Gasteiger partial charge in [-0.25, -0.2) is 0 Å². The summed E-state index contributed by atoms with van der Waals surface area (Å²) in [4.78, 5) is 2.64. The van der Waals surface area contributed by atoms with Crippen molar-refractivity contribution in [3.63, 3.8) is 0 Å². The van der Waals surface area contributed by atoms with Gasteiger partial charge in [0.2, 0.25) is 0 Å². The van der Waals surface area contributed by atoms with Gasteiger partial charge in [0.1, 0.15) is 0 Å². The molecule has 2 rings (SSSR count). The topological polar surface area (TPSA) is 35.5 Å². The zero-order chi connectivity index (χ0) is 11.4. The lowest BCUT2D eigenvalue weighted by Gasteiger charge is -2.35. The molecule has 2 aliphatic heterocycles. The molecule has 0 spiro atoms. The first-order valence-electron chi connectivity index (χ1n) is 6.87. The Morgan fingerprint density at radius 2 is 2.06 bits per heavy atom. The smallest absolute Gasteiger partial charge is 0.0468 e. The quantitative estimate of drug-likeness (QED) is 0.753. The Morgan fingerprint density at radius 3 is 2.75 bits per heavy atom. The van der Waals surface area contributed by atoms with Crippen LogP contribution in [0.5, 0.6) is 0 Å². The van der Waals surface area contributed by atoms with E-state index in [0.717, 1.165) is 18.5 Å². The van der Waals surface area contributed by atoms with Gasteiger partial charge in [-0.1, -0.05) is 6.92 Å². The van der Waals surface area contributed by atoms with Gasteiger partial charge < -0.3 is 10.4 Å². The van der Waals surface area contributed by atoms with Gasteiger partial charge in [0.15, 0.2) is 0 Å². The maximum absolute atomic E-state index is 9.16. The second-order valence-electron chi connectivity index (χ2n) is 5.58. The summed E-state index contributed by atoms with van der Waals surface area (Å²) in [6, 6.07) is 0.802. The summed E-state index contributed by atoms with van der Waals surface area (Å²) in [5, 5.41) is 12.6. The molecule has 2 fully saturated rings. The van der Waals surface area contributed by atoms with Gasteiger partial charge in [-0.05, 0) is 57.2 Å². The van der Waals surface area contributed by atoms with Gasteiger partial charge in [0, 0.05) is 19.2 Å². The Labute approximate surface area is 99.2 Å². The predicted octanol–water partition coefficient (Wildman–Crippen LogP) is 1.08. The molecule has 2 N–H and O–H groups in total. The average Bonchev–Trinajstić information content (AvgIpc) is 2.78. The van der Waals surface area contributed by atoms with Crippen LogP contribution in [0.2, 0.25) is 0 Å². The summed E-state index contributed by atoms with van der Waals surface area (Å²) in [5.41, 5.74) is 0. The van der Waals surface area contributed by atoms with Crippen LogP contribution >= 0.6 is 0 Å². The first-order chi connectivity index (χ1) is 7.81. The number of hydrogen-bond acceptors (Lipinski definition) is 3. The van der Waals surface area contributed by atoms with Crippen LogP contribution < -0.4 is 5.32 Å². The van der Waals surface area contributed by atoms with Gasteiger partial charge in [-0.2, -0.15) is 0 Å². The van der Waals surface area contributed by atoms with Crippen LogP contribution in [-0.2, 0) is 0 Å². The molecule has 94 valence electrons. The molecule has 0 aromatic rings. The van der Waals surface area contributed by atoms with Crippen molar-refractivity contribution in [1.82, 2.24) is 10.2 Å². The van der Waals surface area contributed by atoms with Crippen molar-refractivity contribution in [2.75, 3.05) is 32.8 Å². The molecule has 0 bridgehead atoms. The molecular weight excluding hydrogens is 200 g/mol. The summed E-state index contributed by atoms with van der Waals surface area (Å²) in [6.07, 6.45) is 5.42. The summed E-state index contributed by atoms with van der Waals surface area (Å²) >= 11 is 0. The fraction of sp³-hybridized carbons (Fsp3) is 1.00. The SMILES string of the molecule is CC(CO)CN1CCCC1C1CCNCC1. The van der Waals surface area contributed by atoms with Gasteiger partial charge in [-0.3, -0.25) is 4.90 Å². The molecule has 0 aromatic heterocycles. The first kappa shape index (κ1) is 12.3. The Bertz CT molecular complexity index is 204. The van der Waals surface area contributed by atoms with Crippen molar-refractivity contribution in [2.24, 2.45) is 11.8 Å². The van der Waals surface area contributed by atoms with E-state index in [0.29, 0.717) is 12.5 Å². The molecule has 16 heavy (non-hydrogen) atoms. The molecule has 2 saturated heterocycles. The lowest BCUT2D eigenvalue weighted by molar-refractivity contribution is 0.123. The summed E-state index contributed by atoms with van der Waals surface area (Å²) < 4.78 is 0. The van der Waals surface area contributed by atoms with Gasteiger partial charge in [0.25, 0.3) is 0 Å². The molecule has 0 radical (unpaired) electrons. The van der Waals surface area contributed by atoms with E-state index in [1.165, 1.54) is 45.3 Å². The summed E-state index contributed by atoms with van der Waals surface area (Å²) in [7, 11) is 0. The van der Waals surface area contributed by atoms with Crippen molar-refractivity contribution in [2.45, 2.75) is 38.6 Å². The minimum Gasteiger partial charge on any atom is -0.396 e. The Kier molecular flexibility index (Phi) is 4.62. The second-order valence-corrected chi connectivity index (χ2v) is 5.58. The van der Waals surface area contributed by atoms with E-state index in [9.17, 15) is 0 Å². The number of likely N-dealkylation sites (tertiary alicyclic amines) is 1. The molecule has 3 nitrogen and oxygen atoms in total. The van der Waals surface area contributed by atoms with E-state index < -0.39 is 0 Å². The van der Waals surface area contributed by atoms with Crippen LogP contribution in [0.25, 0.3) is 0 Å². The third-order valence-electron chi connectivity index (χ3n) is 4.20. The van der Waals surface area contributed by atoms with Crippen LogP contribution in [0.15, 0.2) is 0 Å². The van der Waals surface area contributed by atoms with Crippen molar-refractivity contribution < 1.29 is 5.11 Å². The average molecular weight is 226 g/mol. The predicted molar refractivity (Wildman–Crippen MR) is 66.4 cm³/mol. The Hall–Kier alpha value is -0.120.